The van der Waals surface area contributed by atoms with Crippen LogP contribution >= 0.6 is 0 Å². The van der Waals surface area contributed by atoms with Crippen molar-refractivity contribution in [1.29, 1.82) is 0 Å². The molecule has 1 aliphatic rings. The number of rotatable bonds is 5. The molecular formula is C27H31F2N5O3. The number of amides is 3. The number of nitrogens with zero attached hydrogens (tertiary/aromatic N) is 3. The van der Waals surface area contributed by atoms with Crippen molar-refractivity contribution in [2.45, 2.75) is 45.1 Å². The summed E-state index contributed by atoms with van der Waals surface area (Å²) in [4.78, 5) is 26.8. The molecule has 3 amide bonds. The molecule has 2 N–H and O–H groups in total. The van der Waals surface area contributed by atoms with Crippen LogP contribution in [0.2, 0.25) is 0 Å². The highest BCUT2D eigenvalue weighted by Crippen LogP contribution is 2.26. The average molecular weight is 512 g/mol. The first kappa shape index (κ1) is 26.1. The molecule has 3 aromatic rings. The summed E-state index contributed by atoms with van der Waals surface area (Å²) in [7, 11) is 1.73. The van der Waals surface area contributed by atoms with Gasteiger partial charge in [-0.3, -0.25) is 14.8 Å². The van der Waals surface area contributed by atoms with Gasteiger partial charge >= 0.3 is 6.03 Å². The summed E-state index contributed by atoms with van der Waals surface area (Å²) in [6.45, 7) is 6.86. The van der Waals surface area contributed by atoms with E-state index in [1.165, 1.54) is 24.3 Å². The molecule has 8 nitrogen and oxygen atoms in total. The molecule has 37 heavy (non-hydrogen) atoms. The first-order valence-corrected chi connectivity index (χ1v) is 12.1. The molecule has 1 saturated heterocycles. The third-order valence-electron chi connectivity index (χ3n) is 6.16. The van der Waals surface area contributed by atoms with Crippen LogP contribution in [0.25, 0.3) is 0 Å². The van der Waals surface area contributed by atoms with E-state index in [9.17, 15) is 18.4 Å². The lowest BCUT2D eigenvalue weighted by molar-refractivity contribution is 0.0591. The van der Waals surface area contributed by atoms with E-state index < -0.39 is 17.7 Å². The van der Waals surface area contributed by atoms with Crippen LogP contribution in [0.15, 0.2) is 48.5 Å². The molecule has 2 aromatic carbocycles. The second kappa shape index (κ2) is 10.6. The van der Waals surface area contributed by atoms with Gasteiger partial charge in [0.25, 0.3) is 5.91 Å². The zero-order valence-electron chi connectivity index (χ0n) is 21.3. The van der Waals surface area contributed by atoms with Crippen LogP contribution in [-0.2, 0) is 12.5 Å². The van der Waals surface area contributed by atoms with Gasteiger partial charge in [0.2, 0.25) is 0 Å². The molecule has 1 aliphatic heterocycles. The van der Waals surface area contributed by atoms with Gasteiger partial charge in [-0.2, -0.15) is 5.10 Å². The Morgan fingerprint density at radius 1 is 1.03 bits per heavy atom. The highest BCUT2D eigenvalue weighted by Gasteiger charge is 2.26. The predicted molar refractivity (Wildman–Crippen MR) is 137 cm³/mol. The van der Waals surface area contributed by atoms with E-state index in [0.29, 0.717) is 31.7 Å². The second-order valence-electron chi connectivity index (χ2n) is 10.1. The van der Waals surface area contributed by atoms with Gasteiger partial charge in [0.05, 0.1) is 11.3 Å². The molecule has 0 aliphatic carbocycles. The van der Waals surface area contributed by atoms with Crippen molar-refractivity contribution in [1.82, 2.24) is 14.7 Å². The van der Waals surface area contributed by atoms with Crippen molar-refractivity contribution in [3.8, 4) is 5.75 Å². The summed E-state index contributed by atoms with van der Waals surface area (Å²) in [6, 6.07) is 11.1. The Labute approximate surface area is 214 Å². The third kappa shape index (κ3) is 6.44. The molecule has 10 heteroatoms. The maximum atomic E-state index is 14.3. The summed E-state index contributed by atoms with van der Waals surface area (Å²) >= 11 is 0. The topological polar surface area (TPSA) is 88.5 Å². The Morgan fingerprint density at radius 2 is 1.73 bits per heavy atom. The molecule has 0 radical (unpaired) electrons. The molecule has 0 spiro atoms. The Hall–Kier alpha value is -3.95. The highest BCUT2D eigenvalue weighted by molar-refractivity contribution is 5.99. The van der Waals surface area contributed by atoms with Gasteiger partial charge in [-0.25, -0.2) is 13.6 Å². The summed E-state index contributed by atoms with van der Waals surface area (Å²) in [5.74, 6) is -0.692. The predicted octanol–water partition coefficient (Wildman–Crippen LogP) is 5.32. The number of hydrogen-bond acceptors (Lipinski definition) is 4. The number of urea groups is 1. The molecule has 0 bridgehead atoms. The molecule has 196 valence electrons. The fourth-order valence-electron chi connectivity index (χ4n) is 4.11. The molecule has 1 fully saturated rings. The lowest BCUT2D eigenvalue weighted by atomic mass is 9.92. The maximum absolute atomic E-state index is 14.3. The van der Waals surface area contributed by atoms with Gasteiger partial charge in [0, 0.05) is 62.3 Å². The minimum atomic E-state index is -0.560. The Kier molecular flexibility index (Phi) is 7.47. The van der Waals surface area contributed by atoms with E-state index in [2.05, 4.69) is 15.7 Å². The average Bonchev–Trinajstić information content (AvgIpc) is 3.19. The first-order valence-electron chi connectivity index (χ1n) is 12.1. The van der Waals surface area contributed by atoms with E-state index in [1.54, 1.807) is 40.9 Å². The number of ether oxygens (including phenoxy) is 1. The van der Waals surface area contributed by atoms with Crippen LogP contribution in [0.1, 0.15) is 49.7 Å². The van der Waals surface area contributed by atoms with Gasteiger partial charge in [0.1, 0.15) is 29.3 Å². The van der Waals surface area contributed by atoms with Crippen LogP contribution in [0.5, 0.6) is 5.75 Å². The Balaban J connectivity index is 1.34. The van der Waals surface area contributed by atoms with Gasteiger partial charge in [-0.1, -0.05) is 32.9 Å². The fourth-order valence-corrected chi connectivity index (χ4v) is 4.11. The quantitative estimate of drug-likeness (QED) is 0.485. The number of likely N-dealkylation sites (tertiary alicyclic amines) is 1. The van der Waals surface area contributed by atoms with E-state index in [4.69, 9.17) is 4.74 Å². The zero-order valence-corrected chi connectivity index (χ0v) is 21.3. The van der Waals surface area contributed by atoms with E-state index in [-0.39, 0.29) is 34.4 Å². The lowest BCUT2D eigenvalue weighted by Crippen LogP contribution is -2.42. The summed E-state index contributed by atoms with van der Waals surface area (Å²) < 4.78 is 35.8. The fraction of sp³-hybridized carbons (Fsp3) is 0.370. The number of aromatic nitrogens is 2. The number of benzene rings is 2. The van der Waals surface area contributed by atoms with Crippen molar-refractivity contribution in [3.05, 3.63) is 71.4 Å². The molecule has 1 aromatic heterocycles. The van der Waals surface area contributed by atoms with Crippen molar-refractivity contribution in [2.24, 2.45) is 7.05 Å². The molecule has 2 heterocycles. The van der Waals surface area contributed by atoms with Crippen molar-refractivity contribution in [2.75, 3.05) is 23.7 Å². The van der Waals surface area contributed by atoms with Gasteiger partial charge in [-0.15, -0.1) is 0 Å². The number of nitrogens with one attached hydrogen (secondary N) is 2. The monoisotopic (exact) mass is 511 g/mol. The van der Waals surface area contributed by atoms with Gasteiger partial charge < -0.3 is 15.0 Å². The van der Waals surface area contributed by atoms with E-state index in [0.717, 1.165) is 5.69 Å². The minimum Gasteiger partial charge on any atom is -0.490 e. The maximum Gasteiger partial charge on any atom is 0.324 e. The number of halogens is 2. The lowest BCUT2D eigenvalue weighted by Gasteiger charge is -2.32. The Bertz CT molecular complexity index is 1290. The SMILES string of the molecule is Cn1nc(C(C)(C)C)cc1NC(=O)Nc1cc(F)cc(OC2CCN(C(=O)c3ccccc3F)CC2)c1. The molecule has 0 unspecified atom stereocenters. The third-order valence-corrected chi connectivity index (χ3v) is 6.16. The molecule has 4 rings (SSSR count). The van der Waals surface area contributed by atoms with Gasteiger partial charge in [0.15, 0.2) is 0 Å². The van der Waals surface area contributed by atoms with Crippen LogP contribution in [0.3, 0.4) is 0 Å². The largest absolute Gasteiger partial charge is 0.490 e. The van der Waals surface area contributed by atoms with Crippen molar-refractivity contribution < 1.29 is 23.1 Å². The molecular weight excluding hydrogens is 480 g/mol. The van der Waals surface area contributed by atoms with E-state index >= 15 is 0 Å². The number of aryl methyl sites for hydroxylation is 1. The van der Waals surface area contributed by atoms with Gasteiger partial charge in [-0.05, 0) is 18.2 Å². The van der Waals surface area contributed by atoms with E-state index in [1.807, 2.05) is 20.8 Å². The van der Waals surface area contributed by atoms with Crippen LogP contribution in [-0.4, -0.2) is 45.8 Å². The summed E-state index contributed by atoms with van der Waals surface area (Å²) in [5, 5.41) is 9.78. The normalized spacial score (nSPS) is 14.4. The summed E-state index contributed by atoms with van der Waals surface area (Å²) in [5.41, 5.74) is 0.928. The first-order chi connectivity index (χ1) is 17.5. The second-order valence-corrected chi connectivity index (χ2v) is 10.1. The van der Waals surface area contributed by atoms with Crippen LogP contribution in [0.4, 0.5) is 25.1 Å². The molecule has 0 atom stereocenters. The molecule has 0 saturated carbocycles. The number of piperidine rings is 1. The van der Waals surface area contributed by atoms with Crippen molar-refractivity contribution in [3.63, 3.8) is 0 Å². The smallest absolute Gasteiger partial charge is 0.324 e. The zero-order chi connectivity index (χ0) is 26.7. The van der Waals surface area contributed by atoms with Crippen LogP contribution in [0, 0.1) is 11.6 Å². The Morgan fingerprint density at radius 3 is 2.38 bits per heavy atom. The number of carbonyl (C=O) groups excluding carboxylic acids is 2. The van der Waals surface area contributed by atoms with Crippen molar-refractivity contribution >= 4 is 23.4 Å². The number of carbonyl (C=O) groups is 2. The van der Waals surface area contributed by atoms with Crippen LogP contribution < -0.4 is 15.4 Å². The summed E-state index contributed by atoms with van der Waals surface area (Å²) in [6.07, 6.45) is 0.769. The minimum absolute atomic E-state index is 0.0433. The standard InChI is InChI=1S/C27H31F2N5O3/c1-27(2,3)23-16-24(33(4)32-23)31-26(36)30-18-13-17(28)14-20(15-18)37-19-9-11-34(12-10-19)25(35)21-7-5-6-8-22(21)29/h5-8,13-16,19H,9-12H2,1-4H3,(H2,30,31,36). The number of hydrogen-bond donors (Lipinski definition) is 2. The highest BCUT2D eigenvalue weighted by atomic mass is 19.1. The number of anilines is 2.